The van der Waals surface area contributed by atoms with Crippen LogP contribution < -0.4 is 5.32 Å². The monoisotopic (exact) mass is 307 g/mol. The van der Waals surface area contributed by atoms with Crippen molar-refractivity contribution in [2.75, 3.05) is 6.54 Å². The first-order chi connectivity index (χ1) is 8.49. The Morgan fingerprint density at radius 1 is 1.28 bits per heavy atom. The summed E-state index contributed by atoms with van der Waals surface area (Å²) < 4.78 is 0. The van der Waals surface area contributed by atoms with E-state index in [1.54, 1.807) is 6.07 Å². The number of aliphatic hydroxyl groups excluding tert-OH is 1. The number of hydrogen-bond acceptors (Lipinski definition) is 2. The maximum Gasteiger partial charge on any atom is 0.0781 e. The Bertz CT molecular complexity index is 432. The lowest BCUT2D eigenvalue weighted by molar-refractivity contribution is 0.0420. The van der Waals surface area contributed by atoms with Gasteiger partial charge in [0, 0.05) is 6.04 Å². The Hall–Kier alpha value is 0.01000. The Balaban J connectivity index is 1.96. The van der Waals surface area contributed by atoms with Crippen LogP contribution in [0.25, 0.3) is 0 Å². The highest BCUT2D eigenvalue weighted by Crippen LogP contribution is 2.35. The minimum absolute atomic E-state index is 0.110. The third-order valence-corrected chi connectivity index (χ3v) is 4.76. The summed E-state index contributed by atoms with van der Waals surface area (Å²) in [4.78, 5) is 0. The molecule has 0 bridgehead atoms. The fourth-order valence-corrected chi connectivity index (χ4v) is 2.90. The first-order valence-electron chi connectivity index (χ1n) is 6.04. The molecule has 1 saturated carbocycles. The number of rotatable bonds is 4. The SMILES string of the molecule is CC(NCC1CC(O)C1)c1ccc(Cl)c(Cl)c1Cl. The topological polar surface area (TPSA) is 32.3 Å². The fraction of sp³-hybridized carbons (Fsp3) is 0.538. The van der Waals surface area contributed by atoms with Gasteiger partial charge in [-0.15, -0.1) is 0 Å². The molecule has 2 N–H and O–H groups in total. The van der Waals surface area contributed by atoms with Gasteiger partial charge in [0.15, 0.2) is 0 Å². The van der Waals surface area contributed by atoms with Crippen LogP contribution in [0.5, 0.6) is 0 Å². The van der Waals surface area contributed by atoms with Crippen LogP contribution in [0, 0.1) is 5.92 Å². The van der Waals surface area contributed by atoms with Gasteiger partial charge in [0.1, 0.15) is 0 Å². The first-order valence-corrected chi connectivity index (χ1v) is 7.17. The van der Waals surface area contributed by atoms with Crippen LogP contribution in [0.4, 0.5) is 0 Å². The molecule has 0 amide bonds. The lowest BCUT2D eigenvalue weighted by Crippen LogP contribution is -2.37. The molecule has 1 aromatic carbocycles. The number of nitrogens with one attached hydrogen (secondary N) is 1. The number of aliphatic hydroxyl groups is 1. The molecule has 0 aromatic heterocycles. The molecular weight excluding hydrogens is 293 g/mol. The van der Waals surface area contributed by atoms with Gasteiger partial charge in [0.25, 0.3) is 0 Å². The molecule has 0 aliphatic heterocycles. The molecule has 1 aliphatic carbocycles. The van der Waals surface area contributed by atoms with Gasteiger partial charge in [-0.25, -0.2) is 0 Å². The summed E-state index contributed by atoms with van der Waals surface area (Å²) in [5.74, 6) is 0.559. The van der Waals surface area contributed by atoms with Crippen molar-refractivity contribution in [3.05, 3.63) is 32.8 Å². The van der Waals surface area contributed by atoms with E-state index >= 15 is 0 Å². The Kier molecular flexibility index (Phi) is 4.79. The zero-order valence-electron chi connectivity index (χ0n) is 10.1. The van der Waals surface area contributed by atoms with Crippen molar-refractivity contribution in [1.82, 2.24) is 5.32 Å². The van der Waals surface area contributed by atoms with Crippen LogP contribution in [-0.2, 0) is 0 Å². The zero-order chi connectivity index (χ0) is 13.3. The lowest BCUT2D eigenvalue weighted by Gasteiger charge is -2.32. The quantitative estimate of drug-likeness (QED) is 0.822. The van der Waals surface area contributed by atoms with Crippen LogP contribution in [0.3, 0.4) is 0 Å². The summed E-state index contributed by atoms with van der Waals surface area (Å²) in [6.45, 7) is 2.93. The maximum absolute atomic E-state index is 9.23. The van der Waals surface area contributed by atoms with Crippen molar-refractivity contribution in [3.63, 3.8) is 0 Å². The zero-order valence-corrected chi connectivity index (χ0v) is 12.4. The van der Waals surface area contributed by atoms with E-state index in [-0.39, 0.29) is 12.1 Å². The summed E-state index contributed by atoms with van der Waals surface area (Å²) in [6, 6.07) is 3.77. The van der Waals surface area contributed by atoms with Crippen LogP contribution in [0.15, 0.2) is 12.1 Å². The third-order valence-electron chi connectivity index (χ3n) is 3.46. The normalized spacial score (nSPS) is 24.7. The van der Waals surface area contributed by atoms with Gasteiger partial charge >= 0.3 is 0 Å². The fourth-order valence-electron chi connectivity index (χ4n) is 2.20. The third kappa shape index (κ3) is 3.12. The van der Waals surface area contributed by atoms with Gasteiger partial charge in [-0.3, -0.25) is 0 Å². The maximum atomic E-state index is 9.23. The van der Waals surface area contributed by atoms with Gasteiger partial charge in [0.05, 0.1) is 21.2 Å². The molecular formula is C13H16Cl3NO. The minimum atomic E-state index is -0.110. The molecule has 1 aromatic rings. The summed E-state index contributed by atoms with van der Waals surface area (Å²) >= 11 is 18.1. The predicted octanol–water partition coefficient (Wildman–Crippen LogP) is 4.07. The summed E-state index contributed by atoms with van der Waals surface area (Å²) in [5, 5.41) is 14.0. The first kappa shape index (κ1) is 14.4. The van der Waals surface area contributed by atoms with Gasteiger partial charge in [-0.2, -0.15) is 0 Å². The average Bonchev–Trinajstić information content (AvgIpc) is 2.30. The van der Waals surface area contributed by atoms with E-state index in [9.17, 15) is 5.11 Å². The molecule has 1 unspecified atom stereocenters. The van der Waals surface area contributed by atoms with E-state index in [0.29, 0.717) is 21.0 Å². The highest BCUT2D eigenvalue weighted by atomic mass is 35.5. The number of hydrogen-bond donors (Lipinski definition) is 2. The predicted molar refractivity (Wildman–Crippen MR) is 76.6 cm³/mol. The second-order valence-electron chi connectivity index (χ2n) is 4.89. The largest absolute Gasteiger partial charge is 0.393 e. The Morgan fingerprint density at radius 3 is 2.56 bits per heavy atom. The molecule has 1 atom stereocenters. The summed E-state index contributed by atoms with van der Waals surface area (Å²) in [7, 11) is 0. The van der Waals surface area contributed by atoms with Gasteiger partial charge in [-0.1, -0.05) is 40.9 Å². The molecule has 0 saturated heterocycles. The number of halogens is 3. The molecule has 2 rings (SSSR count). The number of benzene rings is 1. The summed E-state index contributed by atoms with van der Waals surface area (Å²) in [5.41, 5.74) is 0.950. The van der Waals surface area contributed by atoms with E-state index in [1.165, 1.54) is 0 Å². The van der Waals surface area contributed by atoms with Crippen molar-refractivity contribution in [2.45, 2.75) is 31.9 Å². The van der Waals surface area contributed by atoms with Crippen LogP contribution in [0.1, 0.15) is 31.4 Å². The van der Waals surface area contributed by atoms with Crippen molar-refractivity contribution in [1.29, 1.82) is 0 Å². The second kappa shape index (κ2) is 5.98. The standard InChI is InChI=1S/C13H16Cl3NO/c1-7(17-6-8-4-9(18)5-8)10-2-3-11(14)13(16)12(10)15/h2-3,7-9,17-18H,4-6H2,1H3. The van der Waals surface area contributed by atoms with Gasteiger partial charge in [0.2, 0.25) is 0 Å². The van der Waals surface area contributed by atoms with E-state index in [4.69, 9.17) is 34.8 Å². The smallest absolute Gasteiger partial charge is 0.0781 e. The molecule has 0 heterocycles. The van der Waals surface area contributed by atoms with E-state index in [2.05, 4.69) is 5.32 Å². The molecule has 0 radical (unpaired) electrons. The van der Waals surface area contributed by atoms with Crippen molar-refractivity contribution in [2.24, 2.45) is 5.92 Å². The molecule has 1 aliphatic rings. The van der Waals surface area contributed by atoms with Crippen LogP contribution in [-0.4, -0.2) is 17.8 Å². The van der Waals surface area contributed by atoms with Crippen molar-refractivity contribution >= 4 is 34.8 Å². The van der Waals surface area contributed by atoms with E-state index < -0.39 is 0 Å². The minimum Gasteiger partial charge on any atom is -0.393 e. The van der Waals surface area contributed by atoms with E-state index in [0.717, 1.165) is 24.9 Å². The molecule has 2 nitrogen and oxygen atoms in total. The molecule has 1 fully saturated rings. The van der Waals surface area contributed by atoms with Crippen LogP contribution in [0.2, 0.25) is 15.1 Å². The Labute approximate surface area is 122 Å². The van der Waals surface area contributed by atoms with Crippen LogP contribution >= 0.6 is 34.8 Å². The van der Waals surface area contributed by atoms with E-state index in [1.807, 2.05) is 13.0 Å². The average molecular weight is 309 g/mol. The van der Waals surface area contributed by atoms with Gasteiger partial charge in [-0.05, 0) is 43.9 Å². The Morgan fingerprint density at radius 2 is 1.94 bits per heavy atom. The van der Waals surface area contributed by atoms with Crippen molar-refractivity contribution < 1.29 is 5.11 Å². The highest BCUT2D eigenvalue weighted by molar-refractivity contribution is 6.48. The highest BCUT2D eigenvalue weighted by Gasteiger charge is 2.27. The van der Waals surface area contributed by atoms with Gasteiger partial charge < -0.3 is 10.4 Å². The lowest BCUT2D eigenvalue weighted by atomic mass is 9.82. The molecule has 18 heavy (non-hydrogen) atoms. The molecule has 100 valence electrons. The molecule has 0 spiro atoms. The second-order valence-corrected chi connectivity index (χ2v) is 6.05. The molecule has 5 heteroatoms. The summed E-state index contributed by atoms with van der Waals surface area (Å²) in [6.07, 6.45) is 1.66. The van der Waals surface area contributed by atoms with Crippen molar-refractivity contribution in [3.8, 4) is 0 Å².